The molecule has 8 heteroatoms. The highest BCUT2D eigenvalue weighted by atomic mass is 32.1. The van der Waals surface area contributed by atoms with Crippen LogP contribution < -0.4 is 5.32 Å². The first-order valence-electron chi connectivity index (χ1n) is 8.30. The molecular weight excluding hydrogens is 378 g/mol. The lowest BCUT2D eigenvalue weighted by Crippen LogP contribution is -2.15. The van der Waals surface area contributed by atoms with E-state index in [2.05, 4.69) is 10.3 Å². The average Bonchev–Trinajstić information content (AvgIpc) is 3.16. The summed E-state index contributed by atoms with van der Waals surface area (Å²) in [6.45, 7) is 0. The Hall–Kier alpha value is -3.65. The van der Waals surface area contributed by atoms with Crippen LogP contribution in [-0.2, 0) is 11.2 Å². The van der Waals surface area contributed by atoms with Crippen LogP contribution in [0.4, 0.5) is 10.1 Å². The maximum atomic E-state index is 12.5. The van der Waals surface area contributed by atoms with Crippen molar-refractivity contribution >= 4 is 39.2 Å². The molecule has 0 aliphatic rings. The summed E-state index contributed by atoms with van der Waals surface area (Å²) in [6.07, 6.45) is 4.44. The van der Waals surface area contributed by atoms with Gasteiger partial charge in [-0.25, -0.2) is 10.2 Å². The van der Waals surface area contributed by atoms with Crippen molar-refractivity contribution in [2.24, 2.45) is 0 Å². The molecule has 1 heterocycles. The first-order chi connectivity index (χ1) is 13.5. The van der Waals surface area contributed by atoms with Crippen LogP contribution in [0.1, 0.15) is 21.5 Å². The molecule has 0 spiro atoms. The van der Waals surface area contributed by atoms with Gasteiger partial charge in [-0.3, -0.25) is 14.9 Å². The zero-order chi connectivity index (χ0) is 19.9. The number of carbonyl (C=O) groups is 2. The topological polar surface area (TPSA) is 99.4 Å². The van der Waals surface area contributed by atoms with Crippen molar-refractivity contribution < 1.29 is 19.7 Å². The van der Waals surface area contributed by atoms with Crippen molar-refractivity contribution in [2.75, 3.05) is 5.32 Å². The van der Waals surface area contributed by atoms with Gasteiger partial charge < -0.3 is 0 Å². The molecule has 2 aromatic carbocycles. The van der Waals surface area contributed by atoms with Gasteiger partial charge in [0.1, 0.15) is 6.20 Å². The summed E-state index contributed by atoms with van der Waals surface area (Å²) in [5.41, 5.74) is 1.83. The molecule has 0 aliphatic carbocycles. The summed E-state index contributed by atoms with van der Waals surface area (Å²) in [6, 6.07) is 16.2. The Morgan fingerprint density at radius 2 is 1.82 bits per heavy atom. The van der Waals surface area contributed by atoms with E-state index in [1.165, 1.54) is 6.08 Å². The summed E-state index contributed by atoms with van der Waals surface area (Å²) in [5.74, 6) is -0.588. The Balaban J connectivity index is 1.71. The van der Waals surface area contributed by atoms with Gasteiger partial charge in [0.05, 0.1) is 4.91 Å². The summed E-state index contributed by atoms with van der Waals surface area (Å²) in [7, 11) is 0. The Kier molecular flexibility index (Phi) is 6.03. The number of amides is 1. The molecule has 3 rings (SSSR count). The lowest BCUT2D eigenvalue weighted by Gasteiger charge is -2.07. The number of nitrogens with one attached hydrogen (secondary N) is 1. The van der Waals surface area contributed by atoms with Crippen molar-refractivity contribution in [1.82, 2.24) is 4.98 Å². The van der Waals surface area contributed by atoms with Crippen LogP contribution in [0.2, 0.25) is 0 Å². The number of nitrogens with zero attached hydrogens (tertiary/aromatic N) is 2. The van der Waals surface area contributed by atoms with Gasteiger partial charge in [-0.15, -0.1) is 0 Å². The highest BCUT2D eigenvalue weighted by Gasteiger charge is 2.19. The van der Waals surface area contributed by atoms with E-state index in [0.717, 1.165) is 23.1 Å². The van der Waals surface area contributed by atoms with Gasteiger partial charge in [-0.2, -0.15) is 0 Å². The summed E-state index contributed by atoms with van der Waals surface area (Å²) < 4.78 is 0. The number of allylic oxidation sites excluding steroid dienone is 1. The number of rotatable bonds is 7. The van der Waals surface area contributed by atoms with Crippen LogP contribution in [0.15, 0.2) is 66.9 Å². The highest BCUT2D eigenvalue weighted by molar-refractivity contribution is 7.18. The molecular formula is C20H16N3O4S+. The molecule has 0 saturated heterocycles. The maximum absolute atomic E-state index is 12.5. The van der Waals surface area contributed by atoms with Crippen molar-refractivity contribution in [3.05, 3.63) is 88.5 Å². The van der Waals surface area contributed by atoms with E-state index in [1.807, 2.05) is 30.3 Å². The first kappa shape index (κ1) is 19.1. The molecule has 0 saturated carbocycles. The summed E-state index contributed by atoms with van der Waals surface area (Å²) in [4.78, 5) is 39.2. The monoisotopic (exact) mass is 394 g/mol. The van der Waals surface area contributed by atoms with E-state index in [4.69, 9.17) is 5.21 Å². The number of carbonyl (C=O) groups excluding carboxylic acids is 2. The Morgan fingerprint density at radius 3 is 2.54 bits per heavy atom. The Bertz CT molecular complexity index is 1040. The third-order valence-electron chi connectivity index (χ3n) is 3.79. The standard InChI is InChI=1S/C20H15N3O4S/c24-16(11-10-14-6-2-1-3-7-14)12-15-8-4-5-9-17(15)19(25)22-20-21-13-18(28-20)23(26)27/h1-11,13H,12H2,(H-,21,22,25,26,27)/p+1/b11-10+. The van der Waals surface area contributed by atoms with Gasteiger partial charge in [-0.1, -0.05) is 54.6 Å². The van der Waals surface area contributed by atoms with Gasteiger partial charge in [-0.05, 0) is 34.6 Å². The average molecular weight is 394 g/mol. The number of benzene rings is 2. The Morgan fingerprint density at radius 1 is 1.11 bits per heavy atom. The van der Waals surface area contributed by atoms with E-state index in [9.17, 15) is 14.5 Å². The molecule has 0 radical (unpaired) electrons. The minimum Gasteiger partial charge on any atom is -0.298 e. The smallest absolute Gasteiger partial charge is 0.298 e. The number of hydrogen-bond donors (Lipinski definition) is 2. The molecule has 0 aliphatic heterocycles. The van der Waals surface area contributed by atoms with Gasteiger partial charge in [0.2, 0.25) is 0 Å². The quantitative estimate of drug-likeness (QED) is 0.466. The number of hydrogen-bond acceptors (Lipinski definition) is 5. The number of ketones is 1. The molecule has 1 amide bonds. The van der Waals surface area contributed by atoms with Crippen molar-refractivity contribution in [3.63, 3.8) is 0 Å². The van der Waals surface area contributed by atoms with E-state index in [1.54, 1.807) is 30.3 Å². The molecule has 7 nitrogen and oxygen atoms in total. The van der Waals surface area contributed by atoms with Crippen LogP contribution in [0, 0.1) is 4.91 Å². The number of thiazole rings is 1. The predicted octanol–water partition coefficient (Wildman–Crippen LogP) is 4.02. The molecule has 1 aromatic heterocycles. The van der Waals surface area contributed by atoms with Gasteiger partial charge in [0.25, 0.3) is 10.8 Å². The molecule has 0 bridgehead atoms. The molecule has 0 unspecified atom stereocenters. The van der Waals surface area contributed by atoms with Crippen LogP contribution in [0.3, 0.4) is 0 Å². The minimum atomic E-state index is -0.452. The lowest BCUT2D eigenvalue weighted by atomic mass is 10.0. The molecule has 3 aromatic rings. The van der Waals surface area contributed by atoms with E-state index < -0.39 is 5.91 Å². The zero-order valence-electron chi connectivity index (χ0n) is 14.6. The second-order valence-corrected chi connectivity index (χ2v) is 6.78. The Labute approximate surface area is 164 Å². The number of aromatic nitrogens is 1. The molecule has 140 valence electrons. The second kappa shape index (κ2) is 8.83. The van der Waals surface area contributed by atoms with E-state index >= 15 is 0 Å². The predicted molar refractivity (Wildman–Crippen MR) is 106 cm³/mol. The first-order valence-corrected chi connectivity index (χ1v) is 9.12. The van der Waals surface area contributed by atoms with Gasteiger partial charge in [0, 0.05) is 12.0 Å². The van der Waals surface area contributed by atoms with Crippen LogP contribution in [-0.4, -0.2) is 26.8 Å². The van der Waals surface area contributed by atoms with Crippen LogP contribution in [0.25, 0.3) is 6.08 Å². The third-order valence-corrected chi connectivity index (χ3v) is 4.66. The molecule has 28 heavy (non-hydrogen) atoms. The summed E-state index contributed by atoms with van der Waals surface area (Å²) in [5, 5.41) is 11.5. The van der Waals surface area contributed by atoms with Gasteiger partial charge >= 0.3 is 5.00 Å². The highest BCUT2D eigenvalue weighted by Crippen LogP contribution is 2.25. The fraction of sp³-hybridized carbons (Fsp3) is 0.0500. The van der Waals surface area contributed by atoms with Crippen molar-refractivity contribution in [1.29, 1.82) is 0 Å². The zero-order valence-corrected chi connectivity index (χ0v) is 15.4. The fourth-order valence-corrected chi connectivity index (χ4v) is 3.10. The van der Waals surface area contributed by atoms with Crippen molar-refractivity contribution in [2.45, 2.75) is 6.42 Å². The van der Waals surface area contributed by atoms with Crippen molar-refractivity contribution in [3.8, 4) is 0 Å². The largest absolute Gasteiger partial charge is 0.392 e. The minimum absolute atomic E-state index is 0.0511. The van der Waals surface area contributed by atoms with Crippen LogP contribution in [0.5, 0.6) is 0 Å². The molecule has 0 fully saturated rings. The van der Waals surface area contributed by atoms with E-state index in [0.29, 0.717) is 11.1 Å². The third kappa shape index (κ3) is 4.95. The molecule has 2 N–H and O–H groups in total. The van der Waals surface area contributed by atoms with Crippen LogP contribution >= 0.6 is 11.3 Å². The second-order valence-electron chi connectivity index (χ2n) is 5.77. The normalized spacial score (nSPS) is 10.7. The lowest BCUT2D eigenvalue weighted by molar-refractivity contribution is -0.727. The summed E-state index contributed by atoms with van der Waals surface area (Å²) >= 11 is 0.832. The fourth-order valence-electron chi connectivity index (χ4n) is 2.47. The van der Waals surface area contributed by atoms with E-state index in [-0.39, 0.29) is 27.3 Å². The molecule has 0 atom stereocenters. The SMILES string of the molecule is O=C(/C=C/c1ccccc1)Cc1ccccc1C(=O)Nc1ncc([N+](=O)O)s1. The van der Waals surface area contributed by atoms with Gasteiger partial charge in [0.15, 0.2) is 10.9 Å². The number of anilines is 1. The maximum Gasteiger partial charge on any atom is 0.392 e.